The Hall–Kier alpha value is -3.52. The lowest BCUT2D eigenvalue weighted by atomic mass is 9.92. The van der Waals surface area contributed by atoms with Crippen LogP contribution in [-0.4, -0.2) is 34.3 Å². The van der Waals surface area contributed by atoms with E-state index in [1.165, 1.54) is 4.90 Å². The van der Waals surface area contributed by atoms with Crippen LogP contribution in [0.3, 0.4) is 0 Å². The lowest BCUT2D eigenvalue weighted by Gasteiger charge is -2.25. The molecule has 1 aliphatic heterocycles. The van der Waals surface area contributed by atoms with Gasteiger partial charge < -0.3 is 10.2 Å². The first-order chi connectivity index (χ1) is 15.4. The summed E-state index contributed by atoms with van der Waals surface area (Å²) in [5.74, 6) is -0.852. The van der Waals surface area contributed by atoms with E-state index in [2.05, 4.69) is 26.2 Å². The molecule has 2 heterocycles. The van der Waals surface area contributed by atoms with Gasteiger partial charge in [0.25, 0.3) is 5.91 Å². The minimum absolute atomic E-state index is 0.209. The van der Waals surface area contributed by atoms with E-state index in [1.54, 1.807) is 55.6 Å². The fourth-order valence-electron chi connectivity index (χ4n) is 3.63. The molecule has 8 heteroatoms. The zero-order valence-electron chi connectivity index (χ0n) is 17.4. The molecule has 2 aromatic carbocycles. The molecule has 7 nitrogen and oxygen atoms in total. The van der Waals surface area contributed by atoms with Gasteiger partial charge in [-0.05, 0) is 48.9 Å². The van der Waals surface area contributed by atoms with Gasteiger partial charge >= 0.3 is 6.03 Å². The normalized spacial score (nSPS) is 17.9. The maximum atomic E-state index is 13.3. The Morgan fingerprint density at radius 2 is 1.72 bits per heavy atom. The lowest BCUT2D eigenvalue weighted by molar-refractivity contribution is -0.134. The van der Waals surface area contributed by atoms with E-state index in [0.29, 0.717) is 16.9 Å². The Kier molecular flexibility index (Phi) is 6.05. The first-order valence-corrected chi connectivity index (χ1v) is 10.8. The van der Waals surface area contributed by atoms with E-state index < -0.39 is 23.4 Å². The van der Waals surface area contributed by atoms with Crippen LogP contribution in [0.1, 0.15) is 18.2 Å². The number of halogens is 1. The summed E-state index contributed by atoms with van der Waals surface area (Å²) >= 11 is 3.40. The Bertz CT molecular complexity index is 1140. The van der Waals surface area contributed by atoms with Crippen molar-refractivity contribution in [2.75, 3.05) is 11.4 Å². The second-order valence-corrected chi connectivity index (χ2v) is 8.51. The number of carbonyl (C=O) groups excluding carboxylic acids is 3. The summed E-state index contributed by atoms with van der Waals surface area (Å²) in [4.78, 5) is 46.0. The zero-order chi connectivity index (χ0) is 22.7. The fraction of sp³-hybridized carbons (Fsp3) is 0.167. The second-order valence-electron chi connectivity index (χ2n) is 7.59. The lowest BCUT2D eigenvalue weighted by Crippen LogP contribution is -2.44. The molecule has 1 atom stereocenters. The van der Waals surface area contributed by atoms with Crippen molar-refractivity contribution in [1.82, 2.24) is 15.2 Å². The predicted molar refractivity (Wildman–Crippen MR) is 124 cm³/mol. The van der Waals surface area contributed by atoms with Gasteiger partial charge in [-0.2, -0.15) is 0 Å². The summed E-state index contributed by atoms with van der Waals surface area (Å²) in [6.07, 6.45) is 1.66. The summed E-state index contributed by atoms with van der Waals surface area (Å²) in [5.41, 5.74) is 0.769. The number of anilines is 1. The quantitative estimate of drug-likeness (QED) is 0.529. The van der Waals surface area contributed by atoms with Crippen molar-refractivity contribution < 1.29 is 14.4 Å². The molecule has 32 heavy (non-hydrogen) atoms. The number of rotatable bonds is 6. The smallest absolute Gasteiger partial charge is 0.319 e. The van der Waals surface area contributed by atoms with E-state index >= 15 is 0 Å². The molecule has 1 aliphatic rings. The molecule has 1 N–H and O–H groups in total. The molecule has 0 aliphatic carbocycles. The molecule has 1 unspecified atom stereocenters. The molecule has 162 valence electrons. The number of nitrogens with one attached hydrogen (secondary N) is 1. The standard InChI is InChI=1S/C24H21BrN4O3/c1-24(17-7-3-2-4-8-17)22(31)29(23(32)27-24)16-21(30)28(15-19-9-5-6-14-26-19)20-12-10-18(25)11-13-20/h2-14H,15-16H2,1H3,(H,27,32). The molecule has 1 aromatic heterocycles. The van der Waals surface area contributed by atoms with E-state index in [-0.39, 0.29) is 13.1 Å². The molecule has 0 spiro atoms. The monoisotopic (exact) mass is 492 g/mol. The summed E-state index contributed by atoms with van der Waals surface area (Å²) in [7, 11) is 0. The van der Waals surface area contributed by atoms with Crippen molar-refractivity contribution in [3.05, 3.63) is 94.7 Å². The van der Waals surface area contributed by atoms with E-state index in [1.807, 2.05) is 30.3 Å². The molecule has 1 fully saturated rings. The van der Waals surface area contributed by atoms with Gasteiger partial charge in [0.05, 0.1) is 12.2 Å². The van der Waals surface area contributed by atoms with Crippen molar-refractivity contribution in [3.8, 4) is 0 Å². The van der Waals surface area contributed by atoms with Crippen LogP contribution in [0.2, 0.25) is 0 Å². The van der Waals surface area contributed by atoms with Gasteiger partial charge in [-0.25, -0.2) is 4.79 Å². The van der Waals surface area contributed by atoms with Crippen molar-refractivity contribution in [1.29, 1.82) is 0 Å². The average molecular weight is 493 g/mol. The largest absolute Gasteiger partial charge is 0.325 e. The summed E-state index contributed by atoms with van der Waals surface area (Å²) in [6, 6.07) is 21.1. The number of aromatic nitrogens is 1. The SMILES string of the molecule is CC1(c2ccccc2)NC(=O)N(CC(=O)N(Cc2ccccn2)c2ccc(Br)cc2)C1=O. The third kappa shape index (κ3) is 4.27. The summed E-state index contributed by atoms with van der Waals surface area (Å²) in [5, 5.41) is 2.74. The van der Waals surface area contributed by atoms with Gasteiger partial charge in [-0.15, -0.1) is 0 Å². The van der Waals surface area contributed by atoms with Crippen LogP contribution in [0.5, 0.6) is 0 Å². The molecule has 0 radical (unpaired) electrons. The minimum Gasteiger partial charge on any atom is -0.319 e. The Morgan fingerprint density at radius 3 is 2.38 bits per heavy atom. The van der Waals surface area contributed by atoms with Gasteiger partial charge in [-0.1, -0.05) is 52.3 Å². The molecule has 0 bridgehead atoms. The summed E-state index contributed by atoms with van der Waals surface area (Å²) < 4.78 is 0.874. The topological polar surface area (TPSA) is 82.6 Å². The van der Waals surface area contributed by atoms with Crippen LogP contribution in [0.25, 0.3) is 0 Å². The number of urea groups is 1. The van der Waals surface area contributed by atoms with Crippen LogP contribution < -0.4 is 10.2 Å². The third-order valence-electron chi connectivity index (χ3n) is 5.41. The maximum Gasteiger partial charge on any atom is 0.325 e. The molecule has 1 saturated heterocycles. The second kappa shape index (κ2) is 8.92. The van der Waals surface area contributed by atoms with Crippen LogP contribution >= 0.6 is 15.9 Å². The molecule has 0 saturated carbocycles. The Morgan fingerprint density at radius 1 is 1.03 bits per heavy atom. The highest BCUT2D eigenvalue weighted by atomic mass is 79.9. The summed E-state index contributed by atoms with van der Waals surface area (Å²) in [6.45, 7) is 1.48. The van der Waals surface area contributed by atoms with Crippen molar-refractivity contribution in [2.24, 2.45) is 0 Å². The zero-order valence-corrected chi connectivity index (χ0v) is 19.0. The number of pyridine rings is 1. The van der Waals surface area contributed by atoms with Crippen LogP contribution in [-0.2, 0) is 21.7 Å². The number of carbonyl (C=O) groups is 3. The number of benzene rings is 2. The maximum absolute atomic E-state index is 13.3. The number of imide groups is 1. The number of hydrogen-bond donors (Lipinski definition) is 1. The van der Waals surface area contributed by atoms with Crippen molar-refractivity contribution >= 4 is 39.5 Å². The molecular weight excluding hydrogens is 472 g/mol. The number of hydrogen-bond acceptors (Lipinski definition) is 4. The van der Waals surface area contributed by atoms with Gasteiger partial charge in [0.2, 0.25) is 5.91 Å². The average Bonchev–Trinajstić information content (AvgIpc) is 3.03. The van der Waals surface area contributed by atoms with Gasteiger partial charge in [-0.3, -0.25) is 19.5 Å². The highest BCUT2D eigenvalue weighted by molar-refractivity contribution is 9.10. The third-order valence-corrected chi connectivity index (χ3v) is 5.93. The van der Waals surface area contributed by atoms with Crippen LogP contribution in [0.4, 0.5) is 10.5 Å². The van der Waals surface area contributed by atoms with E-state index in [9.17, 15) is 14.4 Å². The van der Waals surface area contributed by atoms with Crippen molar-refractivity contribution in [3.63, 3.8) is 0 Å². The van der Waals surface area contributed by atoms with Gasteiger partial charge in [0, 0.05) is 16.4 Å². The Labute approximate surface area is 194 Å². The fourth-order valence-corrected chi connectivity index (χ4v) is 3.89. The van der Waals surface area contributed by atoms with E-state index in [0.717, 1.165) is 9.37 Å². The number of amides is 4. The number of nitrogens with zero attached hydrogens (tertiary/aromatic N) is 3. The molecular formula is C24H21BrN4O3. The Balaban J connectivity index is 1.59. The first-order valence-electron chi connectivity index (χ1n) is 10.0. The predicted octanol–water partition coefficient (Wildman–Crippen LogP) is 3.84. The minimum atomic E-state index is -1.22. The van der Waals surface area contributed by atoms with Crippen molar-refractivity contribution in [2.45, 2.75) is 19.0 Å². The molecule has 3 aromatic rings. The van der Waals surface area contributed by atoms with E-state index in [4.69, 9.17) is 0 Å². The molecule has 4 rings (SSSR count). The first kappa shape index (κ1) is 21.7. The van der Waals surface area contributed by atoms with Gasteiger partial charge in [0.1, 0.15) is 12.1 Å². The highest BCUT2D eigenvalue weighted by Crippen LogP contribution is 2.29. The molecule has 4 amide bonds. The van der Waals surface area contributed by atoms with Gasteiger partial charge in [0.15, 0.2) is 0 Å². The highest BCUT2D eigenvalue weighted by Gasteiger charge is 2.49. The van der Waals surface area contributed by atoms with Crippen LogP contribution in [0, 0.1) is 0 Å². The van der Waals surface area contributed by atoms with Crippen LogP contribution in [0.15, 0.2) is 83.5 Å².